The Balaban J connectivity index is 1.33. The number of pyridine rings is 2. The van der Waals surface area contributed by atoms with Crippen LogP contribution >= 0.6 is 0 Å². The lowest BCUT2D eigenvalue weighted by atomic mass is 10.0. The third kappa shape index (κ3) is 5.74. The van der Waals surface area contributed by atoms with Gasteiger partial charge < -0.3 is 9.13 Å². The van der Waals surface area contributed by atoms with Crippen molar-refractivity contribution in [2.75, 3.05) is 0 Å². The molecule has 14 aromatic rings. The Hall–Kier alpha value is -8.74. The molecule has 8 aromatic carbocycles. The molecule has 6 heterocycles. The van der Waals surface area contributed by atoms with Crippen LogP contribution in [0.25, 0.3) is 121 Å². The van der Waals surface area contributed by atoms with Gasteiger partial charge in [0, 0.05) is 66.6 Å². The summed E-state index contributed by atoms with van der Waals surface area (Å²) < 4.78 is 9.88. The molecule has 14 rings (SSSR count). The van der Waals surface area contributed by atoms with Crippen molar-refractivity contribution >= 4 is 87.2 Å². The fourth-order valence-electron chi connectivity index (χ4n) is 11.7. The van der Waals surface area contributed by atoms with Gasteiger partial charge in [-0.25, -0.2) is 4.98 Å². The summed E-state index contributed by atoms with van der Waals surface area (Å²) in [5, 5.41) is 9.53. The fraction of sp³-hybridized carbons (Fsp3) is 0.0938. The first-order valence-electron chi connectivity index (χ1n) is 24.2. The molecule has 0 saturated carbocycles. The van der Waals surface area contributed by atoms with Crippen molar-refractivity contribution in [3.63, 3.8) is 0 Å². The molecule has 70 heavy (non-hydrogen) atoms. The molecule has 0 atom stereocenters. The van der Waals surface area contributed by atoms with Gasteiger partial charge in [0.1, 0.15) is 11.4 Å². The number of benzene rings is 8. The summed E-state index contributed by atoms with van der Waals surface area (Å²) in [5.74, 6) is 1.64. The monoisotopic (exact) mass is 900 g/mol. The van der Waals surface area contributed by atoms with Crippen LogP contribution in [0.15, 0.2) is 182 Å². The van der Waals surface area contributed by atoms with Crippen LogP contribution in [0.4, 0.5) is 0 Å². The van der Waals surface area contributed by atoms with E-state index in [0.29, 0.717) is 0 Å². The van der Waals surface area contributed by atoms with E-state index in [2.05, 4.69) is 230 Å². The minimum atomic E-state index is 0.816. The van der Waals surface area contributed by atoms with E-state index >= 15 is 0 Å². The molecule has 334 valence electrons. The summed E-state index contributed by atoms with van der Waals surface area (Å²) in [6.07, 6.45) is 3.93. The SMILES string of the molecule is Cc1ccc2c(c1)c1cc(C)ccc1n2-c1nc(-n2c3ccccc3c3ccccc32)c(-n2c3ccc(C)cc3c3cc(C)ccc32)c(-c2cccnc2)c1-n1c2ccc(C)cc2c2cc(C)ccc21. The van der Waals surface area contributed by atoms with Crippen molar-refractivity contribution in [2.24, 2.45) is 0 Å². The molecular formula is C64H48N6. The Kier molecular flexibility index (Phi) is 8.57. The summed E-state index contributed by atoms with van der Waals surface area (Å²) in [6, 6.07) is 63.3. The fourth-order valence-corrected chi connectivity index (χ4v) is 11.7. The minimum Gasteiger partial charge on any atom is -0.305 e. The number of rotatable bonds is 5. The lowest BCUT2D eigenvalue weighted by Gasteiger charge is -2.26. The van der Waals surface area contributed by atoms with Crippen LogP contribution in [-0.2, 0) is 0 Å². The molecule has 6 heteroatoms. The molecule has 0 saturated heterocycles. The zero-order chi connectivity index (χ0) is 47.1. The highest BCUT2D eigenvalue weighted by molar-refractivity contribution is 6.16. The number of aryl methyl sites for hydroxylation is 6. The first kappa shape index (κ1) is 40.3. The highest BCUT2D eigenvalue weighted by Gasteiger charge is 2.32. The molecule has 6 aromatic heterocycles. The van der Waals surface area contributed by atoms with E-state index in [1.54, 1.807) is 0 Å². The average molecular weight is 901 g/mol. The number of aromatic nitrogens is 6. The second kappa shape index (κ2) is 14.9. The highest BCUT2D eigenvalue weighted by Crippen LogP contribution is 2.49. The first-order valence-corrected chi connectivity index (χ1v) is 24.2. The van der Waals surface area contributed by atoms with Crippen molar-refractivity contribution < 1.29 is 0 Å². The van der Waals surface area contributed by atoms with Crippen molar-refractivity contribution in [3.8, 4) is 34.1 Å². The molecule has 0 radical (unpaired) electrons. The zero-order valence-corrected chi connectivity index (χ0v) is 40.0. The molecule has 0 N–H and O–H groups in total. The number of fused-ring (bicyclic) bond motifs is 12. The second-order valence-electron chi connectivity index (χ2n) is 19.6. The Bertz CT molecular complexity index is 4310. The number of para-hydroxylation sites is 2. The van der Waals surface area contributed by atoms with Crippen LogP contribution < -0.4 is 0 Å². The molecule has 0 fully saturated rings. The van der Waals surface area contributed by atoms with Gasteiger partial charge in [-0.15, -0.1) is 0 Å². The lowest BCUT2D eigenvalue weighted by molar-refractivity contribution is 0.960. The van der Waals surface area contributed by atoms with Gasteiger partial charge in [-0.1, -0.05) is 112 Å². The molecule has 0 spiro atoms. The van der Waals surface area contributed by atoms with Crippen LogP contribution in [0.2, 0.25) is 0 Å². The molecule has 0 aliphatic carbocycles. The summed E-state index contributed by atoms with van der Waals surface area (Å²) in [6.45, 7) is 13.1. The van der Waals surface area contributed by atoms with E-state index in [1.165, 1.54) is 76.5 Å². The van der Waals surface area contributed by atoms with E-state index in [9.17, 15) is 0 Å². The Morgan fingerprint density at radius 1 is 0.300 bits per heavy atom. The van der Waals surface area contributed by atoms with Gasteiger partial charge in [-0.3, -0.25) is 14.1 Å². The standard InChI is InChI=1S/C64H48N6/c1-37-17-23-54-46(30-37)47-31-38(2)18-24-55(47)67(54)61-60(43-12-11-29-65-36-43)62(68-56-25-19-39(3)32-48(56)49-33-40(4)20-26-57(49)68)64(70-58-27-21-41(5)34-50(58)51-35-42(6)22-28-59(51)70)66-63(61)69-52-15-9-7-13-44(52)45-14-8-10-16-53(45)69/h7-36H,1-6H3. The van der Waals surface area contributed by atoms with Crippen LogP contribution in [0, 0.1) is 41.5 Å². The number of nitrogens with zero attached hydrogens (tertiary/aromatic N) is 6. The van der Waals surface area contributed by atoms with Crippen LogP contribution in [0.1, 0.15) is 33.4 Å². The summed E-state index contributed by atoms with van der Waals surface area (Å²) in [5.41, 5.74) is 20.0. The van der Waals surface area contributed by atoms with Crippen molar-refractivity contribution in [1.82, 2.24) is 28.2 Å². The van der Waals surface area contributed by atoms with Gasteiger partial charge >= 0.3 is 0 Å². The maximum absolute atomic E-state index is 6.36. The van der Waals surface area contributed by atoms with Crippen LogP contribution in [0.3, 0.4) is 0 Å². The molecule has 0 aliphatic rings. The van der Waals surface area contributed by atoms with Gasteiger partial charge in [0.15, 0.2) is 11.6 Å². The average Bonchev–Trinajstić information content (AvgIpc) is 4.07. The lowest BCUT2D eigenvalue weighted by Crippen LogP contribution is -2.16. The Morgan fingerprint density at radius 3 is 0.943 bits per heavy atom. The summed E-state index contributed by atoms with van der Waals surface area (Å²) in [4.78, 5) is 11.3. The summed E-state index contributed by atoms with van der Waals surface area (Å²) in [7, 11) is 0. The minimum absolute atomic E-state index is 0.816. The van der Waals surface area contributed by atoms with Crippen LogP contribution in [0.5, 0.6) is 0 Å². The van der Waals surface area contributed by atoms with Gasteiger partial charge in [0.2, 0.25) is 0 Å². The quantitative estimate of drug-likeness (QED) is 0.173. The Morgan fingerprint density at radius 2 is 0.614 bits per heavy atom. The maximum Gasteiger partial charge on any atom is 0.165 e. The van der Waals surface area contributed by atoms with Crippen molar-refractivity contribution in [1.29, 1.82) is 0 Å². The third-order valence-corrected chi connectivity index (χ3v) is 14.7. The normalized spacial score (nSPS) is 12.1. The highest BCUT2D eigenvalue weighted by atomic mass is 15.2. The topological polar surface area (TPSA) is 45.5 Å². The van der Waals surface area contributed by atoms with Gasteiger partial charge in [0.25, 0.3) is 0 Å². The molecular weight excluding hydrogens is 853 g/mol. The molecule has 0 amide bonds. The molecule has 0 bridgehead atoms. The van der Waals surface area contributed by atoms with Gasteiger partial charge in [-0.2, -0.15) is 0 Å². The van der Waals surface area contributed by atoms with E-state index < -0.39 is 0 Å². The predicted octanol–water partition coefficient (Wildman–Crippen LogP) is 16.4. The van der Waals surface area contributed by atoms with Gasteiger partial charge in [0.05, 0.1) is 44.1 Å². The van der Waals surface area contributed by atoms with Crippen LogP contribution in [-0.4, -0.2) is 28.2 Å². The second-order valence-corrected chi connectivity index (χ2v) is 19.6. The maximum atomic E-state index is 6.36. The van der Waals surface area contributed by atoms with E-state index in [-0.39, 0.29) is 0 Å². The van der Waals surface area contributed by atoms with E-state index in [0.717, 1.165) is 78.3 Å². The van der Waals surface area contributed by atoms with E-state index in [1.807, 2.05) is 12.4 Å². The number of hydrogen-bond donors (Lipinski definition) is 0. The van der Waals surface area contributed by atoms with E-state index in [4.69, 9.17) is 9.97 Å². The molecule has 0 unspecified atom stereocenters. The third-order valence-electron chi connectivity index (χ3n) is 14.7. The van der Waals surface area contributed by atoms with Crippen molar-refractivity contribution in [2.45, 2.75) is 41.5 Å². The van der Waals surface area contributed by atoms with Crippen molar-refractivity contribution in [3.05, 3.63) is 216 Å². The smallest absolute Gasteiger partial charge is 0.165 e. The Labute approximate surface area is 404 Å². The molecule has 0 aliphatic heterocycles. The molecule has 6 nitrogen and oxygen atoms in total. The predicted molar refractivity (Wildman–Crippen MR) is 293 cm³/mol. The number of hydrogen-bond acceptors (Lipinski definition) is 2. The first-order chi connectivity index (χ1) is 34.2. The largest absolute Gasteiger partial charge is 0.305 e. The summed E-state index contributed by atoms with van der Waals surface area (Å²) >= 11 is 0. The zero-order valence-electron chi connectivity index (χ0n) is 40.0. The van der Waals surface area contributed by atoms with Gasteiger partial charge in [-0.05, 0) is 133 Å².